The topological polar surface area (TPSA) is 61.9 Å². The van der Waals surface area contributed by atoms with Crippen LogP contribution in [0.1, 0.15) is 37.2 Å². The Morgan fingerprint density at radius 3 is 2.65 bits per heavy atom. The molecule has 1 aromatic carbocycles. The van der Waals surface area contributed by atoms with E-state index in [0.29, 0.717) is 19.0 Å². The molecule has 4 rings (SSSR count). The van der Waals surface area contributed by atoms with Crippen molar-refractivity contribution in [2.75, 3.05) is 33.3 Å². The van der Waals surface area contributed by atoms with Gasteiger partial charge in [0.05, 0.1) is 7.11 Å². The molecule has 0 aromatic heterocycles. The minimum atomic E-state index is 0.00103. The lowest BCUT2D eigenvalue weighted by molar-refractivity contribution is -0.132. The molecular weight excluding hydrogens is 330 g/mol. The fourth-order valence-corrected chi connectivity index (χ4v) is 3.77. The molecule has 6 nitrogen and oxygen atoms in total. The van der Waals surface area contributed by atoms with Crippen LogP contribution >= 0.6 is 0 Å². The first-order chi connectivity index (χ1) is 12.7. The number of nitrogens with zero attached hydrogens (tertiary/aromatic N) is 2. The second kappa shape index (κ2) is 7.17. The highest BCUT2D eigenvalue weighted by molar-refractivity contribution is 5.81. The van der Waals surface area contributed by atoms with E-state index < -0.39 is 0 Å². The molecule has 1 saturated heterocycles. The van der Waals surface area contributed by atoms with Crippen molar-refractivity contribution < 1.29 is 14.3 Å². The molecule has 3 aliphatic rings. The Labute approximate surface area is 154 Å². The van der Waals surface area contributed by atoms with E-state index in [1.54, 1.807) is 7.11 Å². The summed E-state index contributed by atoms with van der Waals surface area (Å²) in [6.07, 6.45) is 3.90. The summed E-state index contributed by atoms with van der Waals surface area (Å²) in [5, 5.41) is 3.16. The molecule has 2 atom stereocenters. The Hall–Kier alpha value is -2.24. The van der Waals surface area contributed by atoms with Crippen LogP contribution in [0.25, 0.3) is 0 Å². The highest BCUT2D eigenvalue weighted by atomic mass is 16.5. The first-order valence-electron chi connectivity index (χ1n) is 9.64. The van der Waals surface area contributed by atoms with Crippen LogP contribution < -0.4 is 10.1 Å². The molecule has 1 N–H and O–H groups in total. The van der Waals surface area contributed by atoms with Crippen molar-refractivity contribution in [2.45, 2.75) is 37.6 Å². The third kappa shape index (κ3) is 3.79. The van der Waals surface area contributed by atoms with Gasteiger partial charge in [0.2, 0.25) is 5.91 Å². The molecule has 1 aliphatic heterocycles. The van der Waals surface area contributed by atoms with Crippen LogP contribution in [0.15, 0.2) is 24.3 Å². The summed E-state index contributed by atoms with van der Waals surface area (Å²) in [6, 6.07) is 8.26. The quantitative estimate of drug-likeness (QED) is 0.899. The van der Waals surface area contributed by atoms with E-state index in [1.165, 1.54) is 5.56 Å². The van der Waals surface area contributed by atoms with Gasteiger partial charge in [0.1, 0.15) is 5.75 Å². The molecular formula is C20H27N3O3. The van der Waals surface area contributed by atoms with Crippen molar-refractivity contribution in [1.82, 2.24) is 15.1 Å². The maximum atomic E-state index is 12.6. The summed E-state index contributed by atoms with van der Waals surface area (Å²) in [5.74, 6) is 1.76. The molecule has 3 amide bonds. The first-order valence-corrected chi connectivity index (χ1v) is 9.64. The first kappa shape index (κ1) is 17.2. The molecule has 140 valence electrons. The number of hydrogen-bond acceptors (Lipinski definition) is 3. The molecule has 0 unspecified atom stereocenters. The summed E-state index contributed by atoms with van der Waals surface area (Å²) < 4.78 is 5.28. The van der Waals surface area contributed by atoms with Gasteiger partial charge in [-0.2, -0.15) is 0 Å². The predicted octanol–water partition coefficient (Wildman–Crippen LogP) is 2.21. The zero-order chi connectivity index (χ0) is 18.1. The number of methoxy groups -OCH3 is 1. The lowest BCUT2D eigenvalue weighted by Gasteiger charge is -2.22. The van der Waals surface area contributed by atoms with Gasteiger partial charge < -0.3 is 19.9 Å². The van der Waals surface area contributed by atoms with Crippen LogP contribution in [-0.2, 0) is 4.79 Å². The molecule has 1 heterocycles. The molecule has 6 heteroatoms. The molecule has 1 aromatic rings. The van der Waals surface area contributed by atoms with Gasteiger partial charge in [0.15, 0.2) is 0 Å². The van der Waals surface area contributed by atoms with Gasteiger partial charge in [-0.05, 0) is 43.4 Å². The van der Waals surface area contributed by atoms with Crippen LogP contribution in [0.2, 0.25) is 0 Å². The SMILES string of the molecule is COc1cccc([C@@H]2C[C@H]2NC(=O)N2CCCN(C(=O)C3CC3)CC2)c1. The second-order valence-electron chi connectivity index (χ2n) is 7.61. The average Bonchev–Trinajstić information content (AvgIpc) is 3.55. The van der Waals surface area contributed by atoms with Crippen molar-refractivity contribution in [1.29, 1.82) is 0 Å². The number of ether oxygens (including phenoxy) is 1. The van der Waals surface area contributed by atoms with Gasteiger partial charge in [-0.25, -0.2) is 4.79 Å². The van der Waals surface area contributed by atoms with Gasteiger partial charge in [-0.15, -0.1) is 0 Å². The van der Waals surface area contributed by atoms with Crippen LogP contribution in [0.5, 0.6) is 5.75 Å². The van der Waals surface area contributed by atoms with E-state index in [2.05, 4.69) is 11.4 Å². The minimum absolute atomic E-state index is 0.00103. The summed E-state index contributed by atoms with van der Waals surface area (Å²) in [7, 11) is 1.67. The summed E-state index contributed by atoms with van der Waals surface area (Å²) in [5.41, 5.74) is 1.21. The van der Waals surface area contributed by atoms with Crippen LogP contribution in [0.3, 0.4) is 0 Å². The highest BCUT2D eigenvalue weighted by Gasteiger charge is 2.41. The third-order valence-corrected chi connectivity index (χ3v) is 5.64. The molecule has 0 bridgehead atoms. The summed E-state index contributed by atoms with van der Waals surface area (Å²) in [6.45, 7) is 2.78. The van der Waals surface area contributed by atoms with E-state index in [4.69, 9.17) is 4.74 Å². The molecule has 3 fully saturated rings. The van der Waals surface area contributed by atoms with Crippen molar-refractivity contribution in [2.24, 2.45) is 5.92 Å². The third-order valence-electron chi connectivity index (χ3n) is 5.64. The Morgan fingerprint density at radius 1 is 1.12 bits per heavy atom. The second-order valence-corrected chi connectivity index (χ2v) is 7.61. The Bertz CT molecular complexity index is 689. The van der Waals surface area contributed by atoms with E-state index in [1.807, 2.05) is 28.0 Å². The van der Waals surface area contributed by atoms with Crippen molar-refractivity contribution in [3.8, 4) is 5.75 Å². The van der Waals surface area contributed by atoms with Crippen LogP contribution in [0, 0.1) is 5.92 Å². The maximum absolute atomic E-state index is 12.6. The zero-order valence-electron chi connectivity index (χ0n) is 15.3. The number of carbonyl (C=O) groups is 2. The Morgan fingerprint density at radius 2 is 1.88 bits per heavy atom. The number of amides is 3. The van der Waals surface area contributed by atoms with Gasteiger partial charge >= 0.3 is 6.03 Å². The average molecular weight is 357 g/mol. The summed E-state index contributed by atoms with van der Waals surface area (Å²) in [4.78, 5) is 28.6. The van der Waals surface area contributed by atoms with E-state index in [-0.39, 0.29) is 23.9 Å². The maximum Gasteiger partial charge on any atom is 0.317 e. The van der Waals surface area contributed by atoms with E-state index in [0.717, 1.165) is 44.5 Å². The number of rotatable bonds is 4. The van der Waals surface area contributed by atoms with Gasteiger partial charge in [-0.3, -0.25) is 4.79 Å². The van der Waals surface area contributed by atoms with Crippen molar-refractivity contribution >= 4 is 11.9 Å². The lowest BCUT2D eigenvalue weighted by atomic mass is 10.1. The summed E-state index contributed by atoms with van der Waals surface area (Å²) >= 11 is 0. The van der Waals surface area contributed by atoms with Gasteiger partial charge in [0, 0.05) is 44.1 Å². The molecule has 2 saturated carbocycles. The molecule has 26 heavy (non-hydrogen) atoms. The Balaban J connectivity index is 1.28. The van der Waals surface area contributed by atoms with Crippen LogP contribution in [0.4, 0.5) is 4.79 Å². The minimum Gasteiger partial charge on any atom is -0.497 e. The number of nitrogens with one attached hydrogen (secondary N) is 1. The normalized spacial score (nSPS) is 25.4. The largest absolute Gasteiger partial charge is 0.497 e. The monoisotopic (exact) mass is 357 g/mol. The lowest BCUT2D eigenvalue weighted by Crippen LogP contribution is -2.43. The fourth-order valence-electron chi connectivity index (χ4n) is 3.77. The number of carbonyl (C=O) groups excluding carboxylic acids is 2. The number of hydrogen-bond donors (Lipinski definition) is 1. The predicted molar refractivity (Wildman–Crippen MR) is 98.2 cm³/mol. The Kier molecular flexibility index (Phi) is 4.74. The molecule has 2 aliphatic carbocycles. The highest BCUT2D eigenvalue weighted by Crippen LogP contribution is 2.41. The smallest absolute Gasteiger partial charge is 0.317 e. The van der Waals surface area contributed by atoms with Gasteiger partial charge in [-0.1, -0.05) is 12.1 Å². The molecule has 0 spiro atoms. The van der Waals surface area contributed by atoms with E-state index >= 15 is 0 Å². The van der Waals surface area contributed by atoms with Gasteiger partial charge in [0.25, 0.3) is 0 Å². The van der Waals surface area contributed by atoms with Crippen molar-refractivity contribution in [3.05, 3.63) is 29.8 Å². The number of urea groups is 1. The van der Waals surface area contributed by atoms with Crippen molar-refractivity contribution in [3.63, 3.8) is 0 Å². The number of benzene rings is 1. The van der Waals surface area contributed by atoms with E-state index in [9.17, 15) is 9.59 Å². The van der Waals surface area contributed by atoms with Crippen LogP contribution in [-0.4, -0.2) is 61.1 Å². The zero-order valence-corrected chi connectivity index (χ0v) is 15.3. The standard InChI is InChI=1S/C20H27N3O3/c1-26-16-5-2-4-15(12-16)17-13-18(17)21-20(25)23-9-3-8-22(10-11-23)19(24)14-6-7-14/h2,4-5,12,14,17-18H,3,6-11,13H2,1H3,(H,21,25)/t17-,18+/m0/s1. The fraction of sp³-hybridized carbons (Fsp3) is 0.600. The molecule has 0 radical (unpaired) electrons.